The fraction of sp³-hybridized carbons (Fsp3) is 0.467. The van der Waals surface area contributed by atoms with Crippen molar-refractivity contribution >= 4 is 29.4 Å². The lowest BCUT2D eigenvalue weighted by molar-refractivity contribution is -0.138. The molecular formula is C15H20N2O3S. The number of anilines is 1. The smallest absolute Gasteiger partial charge is 0.319 e. The third-order valence-corrected chi connectivity index (χ3v) is 4.58. The highest BCUT2D eigenvalue weighted by Crippen LogP contribution is 2.33. The number of benzene rings is 1. The molecule has 1 aliphatic carbocycles. The average molecular weight is 308 g/mol. The number of urea groups is 1. The summed E-state index contributed by atoms with van der Waals surface area (Å²) in [4.78, 5) is 24.2. The van der Waals surface area contributed by atoms with E-state index < -0.39 is 11.5 Å². The second-order valence-corrected chi connectivity index (χ2v) is 6.19. The van der Waals surface area contributed by atoms with Gasteiger partial charge in [-0.05, 0) is 31.2 Å². The molecule has 0 spiro atoms. The van der Waals surface area contributed by atoms with Crippen LogP contribution in [0, 0.1) is 0 Å². The number of carbonyl (C=O) groups excluding carboxylic acids is 1. The zero-order valence-corrected chi connectivity index (χ0v) is 12.8. The molecular weight excluding hydrogens is 288 g/mol. The molecule has 6 heteroatoms. The van der Waals surface area contributed by atoms with Crippen LogP contribution in [0.25, 0.3) is 0 Å². The maximum Gasteiger partial charge on any atom is 0.319 e. The summed E-state index contributed by atoms with van der Waals surface area (Å²) in [6, 6.07) is 7.21. The van der Waals surface area contributed by atoms with Crippen LogP contribution in [-0.2, 0) is 4.79 Å². The van der Waals surface area contributed by atoms with E-state index in [0.29, 0.717) is 0 Å². The lowest BCUT2D eigenvalue weighted by atomic mass is 9.93. The molecule has 0 radical (unpaired) electrons. The van der Waals surface area contributed by atoms with Crippen molar-refractivity contribution in [1.29, 1.82) is 0 Å². The first-order chi connectivity index (χ1) is 10.0. The van der Waals surface area contributed by atoms with Crippen LogP contribution in [0.2, 0.25) is 0 Å². The highest BCUT2D eigenvalue weighted by molar-refractivity contribution is 7.98. The van der Waals surface area contributed by atoms with Crippen LogP contribution >= 0.6 is 11.8 Å². The number of amides is 2. The van der Waals surface area contributed by atoms with Crippen LogP contribution in [0.1, 0.15) is 32.1 Å². The predicted molar refractivity (Wildman–Crippen MR) is 83.8 cm³/mol. The molecule has 21 heavy (non-hydrogen) atoms. The zero-order valence-electron chi connectivity index (χ0n) is 12.0. The molecule has 0 aromatic heterocycles. The Balaban J connectivity index is 2.04. The largest absolute Gasteiger partial charge is 0.481 e. The number of hydrogen-bond donors (Lipinski definition) is 3. The first-order valence-corrected chi connectivity index (χ1v) is 8.21. The van der Waals surface area contributed by atoms with Crippen molar-refractivity contribution in [3.63, 3.8) is 0 Å². The Hall–Kier alpha value is -1.69. The van der Waals surface area contributed by atoms with E-state index in [1.807, 2.05) is 30.5 Å². The molecule has 114 valence electrons. The second kappa shape index (κ2) is 6.85. The van der Waals surface area contributed by atoms with Gasteiger partial charge >= 0.3 is 12.0 Å². The molecule has 5 nitrogen and oxygen atoms in total. The van der Waals surface area contributed by atoms with Crippen LogP contribution in [0.4, 0.5) is 10.5 Å². The summed E-state index contributed by atoms with van der Waals surface area (Å²) in [7, 11) is 0. The van der Waals surface area contributed by atoms with Crippen molar-refractivity contribution in [2.75, 3.05) is 11.6 Å². The minimum atomic E-state index is -0.873. The molecule has 1 fully saturated rings. The van der Waals surface area contributed by atoms with Gasteiger partial charge in [0.2, 0.25) is 0 Å². The number of rotatable bonds is 5. The van der Waals surface area contributed by atoms with Gasteiger partial charge in [0.15, 0.2) is 0 Å². The van der Waals surface area contributed by atoms with E-state index in [1.54, 1.807) is 11.8 Å². The van der Waals surface area contributed by atoms with Gasteiger partial charge < -0.3 is 15.7 Å². The molecule has 3 N–H and O–H groups in total. The molecule has 0 bridgehead atoms. The van der Waals surface area contributed by atoms with E-state index in [2.05, 4.69) is 10.6 Å². The van der Waals surface area contributed by atoms with Crippen molar-refractivity contribution in [2.45, 2.75) is 42.5 Å². The van der Waals surface area contributed by atoms with Gasteiger partial charge in [0.05, 0.1) is 17.6 Å². The number of carbonyl (C=O) groups is 2. The van der Waals surface area contributed by atoms with E-state index in [4.69, 9.17) is 5.11 Å². The molecule has 0 heterocycles. The van der Waals surface area contributed by atoms with E-state index in [-0.39, 0.29) is 12.5 Å². The molecule has 0 aliphatic heterocycles. The molecule has 0 saturated heterocycles. The maximum absolute atomic E-state index is 12.2. The van der Waals surface area contributed by atoms with Crippen molar-refractivity contribution in [3.05, 3.63) is 24.3 Å². The maximum atomic E-state index is 12.2. The monoisotopic (exact) mass is 308 g/mol. The highest BCUT2D eigenvalue weighted by Gasteiger charge is 2.37. The Morgan fingerprint density at radius 1 is 1.29 bits per heavy atom. The molecule has 2 amide bonds. The quantitative estimate of drug-likeness (QED) is 0.729. The Morgan fingerprint density at radius 2 is 1.95 bits per heavy atom. The second-order valence-electron chi connectivity index (χ2n) is 5.34. The fourth-order valence-corrected chi connectivity index (χ4v) is 3.38. The minimum absolute atomic E-state index is 0.0232. The summed E-state index contributed by atoms with van der Waals surface area (Å²) < 4.78 is 0. The van der Waals surface area contributed by atoms with E-state index in [9.17, 15) is 9.59 Å². The van der Waals surface area contributed by atoms with Gasteiger partial charge in [0, 0.05) is 4.90 Å². The van der Waals surface area contributed by atoms with E-state index in [0.717, 1.165) is 36.3 Å². The van der Waals surface area contributed by atoms with Crippen LogP contribution in [0.5, 0.6) is 0 Å². The van der Waals surface area contributed by atoms with Crippen molar-refractivity contribution in [3.8, 4) is 0 Å². The molecule has 1 aliphatic rings. The third-order valence-electron chi connectivity index (χ3n) is 3.78. The number of thioether (sulfide) groups is 1. The minimum Gasteiger partial charge on any atom is -0.481 e. The van der Waals surface area contributed by atoms with Crippen LogP contribution in [0.15, 0.2) is 29.2 Å². The first-order valence-electron chi connectivity index (χ1n) is 6.99. The first kappa shape index (κ1) is 15.7. The fourth-order valence-electron chi connectivity index (χ4n) is 2.83. The lowest BCUT2D eigenvalue weighted by Crippen LogP contribution is -2.49. The number of carboxylic acids is 1. The Kier molecular flexibility index (Phi) is 5.12. The SMILES string of the molecule is CSc1ccccc1NC(=O)NC1(CC(=O)O)CCCC1. The summed E-state index contributed by atoms with van der Waals surface area (Å²) in [6.45, 7) is 0. The van der Waals surface area contributed by atoms with Crippen molar-refractivity contribution in [2.24, 2.45) is 0 Å². The number of hydrogen-bond acceptors (Lipinski definition) is 3. The Labute approximate surface area is 128 Å². The Morgan fingerprint density at radius 3 is 2.57 bits per heavy atom. The van der Waals surface area contributed by atoms with Gasteiger partial charge in [-0.15, -0.1) is 11.8 Å². The normalized spacial score (nSPS) is 16.4. The summed E-state index contributed by atoms with van der Waals surface area (Å²) in [6.07, 6.45) is 5.27. The van der Waals surface area contributed by atoms with Crippen LogP contribution in [0.3, 0.4) is 0 Å². The van der Waals surface area contributed by atoms with Gasteiger partial charge in [-0.1, -0.05) is 25.0 Å². The summed E-state index contributed by atoms with van der Waals surface area (Å²) in [5.41, 5.74) is 0.135. The molecule has 2 rings (SSSR count). The van der Waals surface area contributed by atoms with Crippen molar-refractivity contribution < 1.29 is 14.7 Å². The van der Waals surface area contributed by atoms with E-state index in [1.165, 1.54) is 0 Å². The van der Waals surface area contributed by atoms with Crippen LogP contribution < -0.4 is 10.6 Å². The van der Waals surface area contributed by atoms with Gasteiger partial charge in [-0.2, -0.15) is 0 Å². The molecule has 1 aromatic carbocycles. The van der Waals surface area contributed by atoms with Gasteiger partial charge in [-0.3, -0.25) is 4.79 Å². The topological polar surface area (TPSA) is 78.4 Å². The standard InChI is InChI=1S/C15H20N2O3S/c1-21-12-7-3-2-6-11(12)16-14(20)17-15(10-13(18)19)8-4-5-9-15/h2-3,6-7H,4-5,8-10H2,1H3,(H,18,19)(H2,16,17,20). The number of para-hydroxylation sites is 1. The van der Waals surface area contributed by atoms with Gasteiger partial charge in [-0.25, -0.2) is 4.79 Å². The van der Waals surface area contributed by atoms with Gasteiger partial charge in [0.25, 0.3) is 0 Å². The summed E-state index contributed by atoms with van der Waals surface area (Å²) >= 11 is 1.55. The highest BCUT2D eigenvalue weighted by atomic mass is 32.2. The number of aliphatic carboxylic acids is 1. The predicted octanol–water partition coefficient (Wildman–Crippen LogP) is 3.32. The number of carboxylic acid groups (broad SMARTS) is 1. The summed E-state index contributed by atoms with van der Waals surface area (Å²) in [5, 5.41) is 14.8. The molecule has 1 saturated carbocycles. The van der Waals surface area contributed by atoms with Crippen LogP contribution in [-0.4, -0.2) is 28.9 Å². The molecule has 0 unspecified atom stereocenters. The zero-order chi connectivity index (χ0) is 15.3. The molecule has 0 atom stereocenters. The van der Waals surface area contributed by atoms with Crippen molar-refractivity contribution in [1.82, 2.24) is 5.32 Å². The lowest BCUT2D eigenvalue weighted by Gasteiger charge is -2.28. The average Bonchev–Trinajstić information content (AvgIpc) is 2.86. The third kappa shape index (κ3) is 4.14. The van der Waals surface area contributed by atoms with Gasteiger partial charge in [0.1, 0.15) is 0 Å². The van der Waals surface area contributed by atoms with E-state index >= 15 is 0 Å². The molecule has 1 aromatic rings. The number of nitrogens with one attached hydrogen (secondary N) is 2. The summed E-state index contributed by atoms with van der Waals surface area (Å²) in [5.74, 6) is -0.873. The Bertz CT molecular complexity index is 527.